The number of benzene rings is 6. The Hall–Kier alpha value is -5.46. The Morgan fingerprint density at radius 1 is 0.395 bits per heavy atom. The summed E-state index contributed by atoms with van der Waals surface area (Å²) in [5.41, 5.74) is 14.5. The van der Waals surface area contributed by atoms with E-state index in [-0.39, 0.29) is 0 Å². The minimum atomic E-state index is 1.18. The maximum atomic E-state index is 3.88. The predicted octanol–water partition coefficient (Wildman–Crippen LogP) is 12.1. The zero-order valence-electron chi connectivity index (χ0n) is 24.5. The molecule has 0 unspecified atom stereocenters. The summed E-state index contributed by atoms with van der Waals surface area (Å²) >= 11 is 0. The molecule has 206 valence electrons. The third-order valence-corrected chi connectivity index (χ3v) is 7.82. The Bertz CT molecular complexity index is 1790. The van der Waals surface area contributed by atoms with Crippen molar-refractivity contribution in [1.29, 1.82) is 0 Å². The average molecular weight is 551 g/mol. The highest BCUT2D eigenvalue weighted by atomic mass is 14.3. The molecule has 0 aliphatic rings. The first kappa shape index (κ1) is 27.7. The van der Waals surface area contributed by atoms with Crippen LogP contribution in [0.4, 0.5) is 0 Å². The van der Waals surface area contributed by atoms with E-state index in [1.54, 1.807) is 0 Å². The molecular weight excluding hydrogens is 516 g/mol. The fourth-order valence-corrected chi connectivity index (χ4v) is 5.95. The smallest absolute Gasteiger partial charge is 0.00112 e. The zero-order chi connectivity index (χ0) is 29.4. The lowest BCUT2D eigenvalue weighted by atomic mass is 9.75. The van der Waals surface area contributed by atoms with Crippen LogP contribution in [0, 0.1) is 6.92 Å². The first-order chi connectivity index (χ1) is 21.3. The fraction of sp³-hybridized carbons (Fsp3) is 0.0233. The molecule has 0 N–H and O–H groups in total. The summed E-state index contributed by atoms with van der Waals surface area (Å²) in [6, 6.07) is 52.1. The molecule has 6 aromatic carbocycles. The van der Waals surface area contributed by atoms with E-state index in [1.165, 1.54) is 66.8 Å². The standard InChI is InChI=1S/C43H34/c1-3-4-5-18-31-38-39(33-22-10-6-11-23-33)41(35-26-14-8-15-27-35)43(37-30-20-19-21-32(37)2)42(36-28-16-9-17-29-36)40(38)34-24-12-7-13-25-34/h3-31H,1H2,2H3/b5-4-,31-18+. The van der Waals surface area contributed by atoms with E-state index in [0.717, 1.165) is 0 Å². The maximum Gasteiger partial charge on any atom is -0.00112 e. The van der Waals surface area contributed by atoms with Gasteiger partial charge >= 0.3 is 0 Å². The number of hydrogen-bond donors (Lipinski definition) is 0. The average Bonchev–Trinajstić information content (AvgIpc) is 3.07. The quantitative estimate of drug-likeness (QED) is 0.165. The van der Waals surface area contributed by atoms with Gasteiger partial charge in [-0.15, -0.1) is 0 Å². The first-order valence-corrected chi connectivity index (χ1v) is 14.8. The van der Waals surface area contributed by atoms with E-state index >= 15 is 0 Å². The first-order valence-electron chi connectivity index (χ1n) is 14.8. The van der Waals surface area contributed by atoms with Crippen molar-refractivity contribution < 1.29 is 0 Å². The zero-order valence-corrected chi connectivity index (χ0v) is 24.5. The number of allylic oxidation sites excluding steroid dienone is 4. The van der Waals surface area contributed by atoms with Gasteiger partial charge in [-0.3, -0.25) is 0 Å². The molecule has 0 atom stereocenters. The van der Waals surface area contributed by atoms with Crippen molar-refractivity contribution in [3.63, 3.8) is 0 Å². The van der Waals surface area contributed by atoms with Crippen molar-refractivity contribution in [2.45, 2.75) is 6.92 Å². The van der Waals surface area contributed by atoms with Gasteiger partial charge in [0.25, 0.3) is 0 Å². The lowest BCUT2D eigenvalue weighted by molar-refractivity contribution is 1.44. The molecule has 0 saturated heterocycles. The second-order valence-electron chi connectivity index (χ2n) is 10.5. The van der Waals surface area contributed by atoms with E-state index in [9.17, 15) is 0 Å². The molecule has 0 radical (unpaired) electrons. The van der Waals surface area contributed by atoms with Crippen LogP contribution >= 0.6 is 0 Å². The van der Waals surface area contributed by atoms with Crippen LogP contribution in [0.2, 0.25) is 0 Å². The third-order valence-electron chi connectivity index (χ3n) is 7.82. The van der Waals surface area contributed by atoms with E-state index in [2.05, 4.69) is 177 Å². The Kier molecular flexibility index (Phi) is 8.39. The largest absolute Gasteiger partial charge is 0.0991 e. The normalized spacial score (nSPS) is 11.3. The monoisotopic (exact) mass is 550 g/mol. The van der Waals surface area contributed by atoms with Crippen LogP contribution in [0.3, 0.4) is 0 Å². The van der Waals surface area contributed by atoms with Crippen LogP contribution in [0.1, 0.15) is 11.1 Å². The van der Waals surface area contributed by atoms with Crippen LogP contribution in [0.5, 0.6) is 0 Å². The molecule has 0 amide bonds. The minimum absolute atomic E-state index is 1.18. The molecule has 0 aromatic heterocycles. The molecule has 0 heteroatoms. The van der Waals surface area contributed by atoms with E-state index in [4.69, 9.17) is 0 Å². The number of aryl methyl sites for hydroxylation is 1. The van der Waals surface area contributed by atoms with E-state index in [0.29, 0.717) is 0 Å². The van der Waals surface area contributed by atoms with Gasteiger partial charge in [0.15, 0.2) is 0 Å². The van der Waals surface area contributed by atoms with E-state index < -0.39 is 0 Å². The van der Waals surface area contributed by atoms with Crippen molar-refractivity contribution >= 4 is 6.08 Å². The topological polar surface area (TPSA) is 0 Å². The van der Waals surface area contributed by atoms with Gasteiger partial charge in [0, 0.05) is 0 Å². The van der Waals surface area contributed by atoms with Gasteiger partial charge in [-0.05, 0) is 73.7 Å². The molecule has 0 aliphatic heterocycles. The minimum Gasteiger partial charge on any atom is -0.0991 e. The Morgan fingerprint density at radius 3 is 1.21 bits per heavy atom. The lowest BCUT2D eigenvalue weighted by Gasteiger charge is -2.28. The van der Waals surface area contributed by atoms with Crippen molar-refractivity contribution in [2.24, 2.45) is 0 Å². The van der Waals surface area contributed by atoms with Crippen molar-refractivity contribution in [1.82, 2.24) is 0 Å². The van der Waals surface area contributed by atoms with Crippen LogP contribution in [0.15, 0.2) is 176 Å². The molecule has 0 bridgehead atoms. The van der Waals surface area contributed by atoms with Crippen LogP contribution in [0.25, 0.3) is 61.7 Å². The second-order valence-corrected chi connectivity index (χ2v) is 10.5. The number of rotatable bonds is 8. The summed E-state index contributed by atoms with van der Waals surface area (Å²) in [6.45, 7) is 6.10. The number of hydrogen-bond acceptors (Lipinski definition) is 0. The predicted molar refractivity (Wildman–Crippen MR) is 187 cm³/mol. The maximum absolute atomic E-state index is 3.88. The van der Waals surface area contributed by atoms with Gasteiger partial charge < -0.3 is 0 Å². The molecule has 0 aliphatic carbocycles. The molecule has 43 heavy (non-hydrogen) atoms. The van der Waals surface area contributed by atoms with Crippen molar-refractivity contribution in [2.75, 3.05) is 0 Å². The molecule has 0 heterocycles. The van der Waals surface area contributed by atoms with Crippen molar-refractivity contribution in [3.8, 4) is 55.6 Å². The van der Waals surface area contributed by atoms with Crippen LogP contribution < -0.4 is 0 Å². The summed E-state index contributed by atoms with van der Waals surface area (Å²) < 4.78 is 0. The molecule has 6 rings (SSSR count). The summed E-state index contributed by atoms with van der Waals surface area (Å²) in [4.78, 5) is 0. The SMILES string of the molecule is C=C/C=C\C=C\c1c(-c2ccccc2)c(-c2ccccc2)c(-c2ccccc2C)c(-c2ccccc2)c1-c1ccccc1. The molecule has 0 saturated carbocycles. The fourth-order valence-electron chi connectivity index (χ4n) is 5.95. The summed E-state index contributed by atoms with van der Waals surface area (Å²) in [5.74, 6) is 0. The molecular formula is C43H34. The highest BCUT2D eigenvalue weighted by Crippen LogP contribution is 2.53. The highest BCUT2D eigenvalue weighted by Gasteiger charge is 2.27. The summed E-state index contributed by atoms with van der Waals surface area (Å²) in [7, 11) is 0. The second kappa shape index (κ2) is 13.0. The molecule has 0 fully saturated rings. The van der Waals surface area contributed by atoms with Crippen LogP contribution in [-0.2, 0) is 0 Å². The lowest BCUT2D eigenvalue weighted by Crippen LogP contribution is -2.02. The summed E-state index contributed by atoms with van der Waals surface area (Å²) in [5, 5.41) is 0. The van der Waals surface area contributed by atoms with Crippen LogP contribution in [-0.4, -0.2) is 0 Å². The van der Waals surface area contributed by atoms with Gasteiger partial charge in [0.2, 0.25) is 0 Å². The van der Waals surface area contributed by atoms with Gasteiger partial charge in [0.05, 0.1) is 0 Å². The Morgan fingerprint density at radius 2 is 0.791 bits per heavy atom. The van der Waals surface area contributed by atoms with Gasteiger partial charge in [-0.25, -0.2) is 0 Å². The van der Waals surface area contributed by atoms with E-state index in [1.807, 2.05) is 12.2 Å². The molecule has 0 nitrogen and oxygen atoms in total. The van der Waals surface area contributed by atoms with Crippen molar-refractivity contribution in [3.05, 3.63) is 188 Å². The Balaban J connectivity index is 1.94. The molecule has 6 aromatic rings. The van der Waals surface area contributed by atoms with Gasteiger partial charge in [-0.1, -0.05) is 183 Å². The third kappa shape index (κ3) is 5.69. The highest BCUT2D eigenvalue weighted by molar-refractivity contribution is 6.11. The van der Waals surface area contributed by atoms with Gasteiger partial charge in [-0.2, -0.15) is 0 Å². The summed E-state index contributed by atoms with van der Waals surface area (Å²) in [6.07, 6.45) is 10.2. The van der Waals surface area contributed by atoms with Gasteiger partial charge in [0.1, 0.15) is 0 Å². The molecule has 0 spiro atoms. The Labute approximate surface area is 255 Å².